The number of nitrogens with zero attached hydrogens (tertiary/aromatic N) is 3. The monoisotopic (exact) mass is 451 g/mol. The van der Waals surface area contributed by atoms with Gasteiger partial charge in [0.15, 0.2) is 11.2 Å². The third-order valence-electron chi connectivity index (χ3n) is 4.65. The maximum absolute atomic E-state index is 12.0. The van der Waals surface area contributed by atoms with Gasteiger partial charge in [0, 0.05) is 12.8 Å². The van der Waals surface area contributed by atoms with E-state index in [2.05, 4.69) is 15.0 Å². The Kier molecular flexibility index (Phi) is 9.63. The number of carbonyl (C=O) groups excluding carboxylic acids is 2. The highest BCUT2D eigenvalue weighted by Crippen LogP contribution is 2.10. The van der Waals surface area contributed by atoms with Crippen LogP contribution in [0.1, 0.15) is 53.4 Å². The Labute approximate surface area is 186 Å². The molecule has 178 valence electrons. The van der Waals surface area contributed by atoms with Crippen molar-refractivity contribution in [2.24, 2.45) is 11.8 Å². The zero-order valence-corrected chi connectivity index (χ0v) is 19.1. The summed E-state index contributed by atoms with van der Waals surface area (Å²) in [5.41, 5.74) is 5.53. The van der Waals surface area contributed by atoms with Crippen LogP contribution in [0.5, 0.6) is 0 Å². The standard InChI is InChI=1S/C21H33N5O6/c1-13(2)5-7-16(27)30-9-15(10-31-17(28)8-6-14(3)4)32-12-26-11-23-18-19(26)24-21(22)25-20(18)29/h11,13-15H,5-10,12H2,1-4H3,(H3,22,24,25,29). The van der Waals surface area contributed by atoms with Crippen molar-refractivity contribution in [1.29, 1.82) is 0 Å². The van der Waals surface area contributed by atoms with E-state index in [0.717, 1.165) is 12.8 Å². The highest BCUT2D eigenvalue weighted by Gasteiger charge is 2.18. The molecule has 0 saturated carbocycles. The lowest BCUT2D eigenvalue weighted by molar-refractivity contribution is -0.157. The van der Waals surface area contributed by atoms with Gasteiger partial charge in [0.25, 0.3) is 5.56 Å². The minimum atomic E-state index is -0.696. The summed E-state index contributed by atoms with van der Waals surface area (Å²) in [5.74, 6) is 0.0437. The lowest BCUT2D eigenvalue weighted by Gasteiger charge is -2.19. The largest absolute Gasteiger partial charge is 0.463 e. The van der Waals surface area contributed by atoms with Crippen molar-refractivity contribution < 1.29 is 23.8 Å². The SMILES string of the molecule is CC(C)CCC(=O)OCC(COC(=O)CCC(C)C)OCn1cnc2c(=O)[nH]c(N)nc21. The summed E-state index contributed by atoms with van der Waals surface area (Å²) in [6.45, 7) is 7.90. The van der Waals surface area contributed by atoms with Crippen molar-refractivity contribution >= 4 is 29.1 Å². The minimum Gasteiger partial charge on any atom is -0.463 e. The summed E-state index contributed by atoms with van der Waals surface area (Å²) in [4.78, 5) is 46.4. The molecular weight excluding hydrogens is 418 g/mol. The second kappa shape index (κ2) is 12.2. The van der Waals surface area contributed by atoms with E-state index in [1.807, 2.05) is 27.7 Å². The molecule has 0 saturated heterocycles. The van der Waals surface area contributed by atoms with Crippen LogP contribution in [-0.2, 0) is 30.5 Å². The molecule has 2 heterocycles. The van der Waals surface area contributed by atoms with Crippen molar-refractivity contribution in [3.8, 4) is 0 Å². The molecule has 0 fully saturated rings. The van der Waals surface area contributed by atoms with Gasteiger partial charge in [0.05, 0.1) is 6.33 Å². The number of imidazole rings is 1. The van der Waals surface area contributed by atoms with Crippen LogP contribution in [0.3, 0.4) is 0 Å². The molecule has 11 nitrogen and oxygen atoms in total. The number of nitrogens with one attached hydrogen (secondary N) is 1. The van der Waals surface area contributed by atoms with Crippen LogP contribution in [0.2, 0.25) is 0 Å². The van der Waals surface area contributed by atoms with Gasteiger partial charge < -0.3 is 19.9 Å². The summed E-state index contributed by atoms with van der Waals surface area (Å²) < 4.78 is 17.9. The Morgan fingerprint density at radius 3 is 2.16 bits per heavy atom. The third-order valence-corrected chi connectivity index (χ3v) is 4.65. The highest BCUT2D eigenvalue weighted by molar-refractivity contribution is 5.70. The Morgan fingerprint density at radius 1 is 1.06 bits per heavy atom. The Bertz CT molecular complexity index is 924. The zero-order chi connectivity index (χ0) is 23.7. The van der Waals surface area contributed by atoms with Gasteiger partial charge in [-0.3, -0.25) is 23.9 Å². The topological polar surface area (TPSA) is 151 Å². The predicted octanol–water partition coefficient (Wildman–Crippen LogP) is 2.00. The number of anilines is 1. The maximum atomic E-state index is 12.0. The fraction of sp³-hybridized carbons (Fsp3) is 0.667. The highest BCUT2D eigenvalue weighted by atomic mass is 16.6. The summed E-state index contributed by atoms with van der Waals surface area (Å²) in [6.07, 6.45) is 2.74. The molecule has 0 unspecified atom stereocenters. The summed E-state index contributed by atoms with van der Waals surface area (Å²) in [6, 6.07) is 0. The van der Waals surface area contributed by atoms with Gasteiger partial charge in [0.2, 0.25) is 5.95 Å². The number of ether oxygens (including phenoxy) is 3. The fourth-order valence-electron chi connectivity index (χ4n) is 2.72. The van der Waals surface area contributed by atoms with Gasteiger partial charge >= 0.3 is 11.9 Å². The van der Waals surface area contributed by atoms with Crippen molar-refractivity contribution in [2.45, 2.75) is 66.2 Å². The van der Waals surface area contributed by atoms with E-state index in [0.29, 0.717) is 24.7 Å². The molecule has 0 radical (unpaired) electrons. The van der Waals surface area contributed by atoms with E-state index < -0.39 is 11.7 Å². The first-order valence-corrected chi connectivity index (χ1v) is 10.8. The molecule has 2 aromatic heterocycles. The molecule has 11 heteroatoms. The average Bonchev–Trinajstić information content (AvgIpc) is 3.13. The quantitative estimate of drug-likeness (QED) is 0.436. The molecule has 2 rings (SSSR count). The average molecular weight is 452 g/mol. The molecule has 32 heavy (non-hydrogen) atoms. The molecular formula is C21H33N5O6. The van der Waals surface area contributed by atoms with E-state index in [1.54, 1.807) is 0 Å². The summed E-state index contributed by atoms with van der Waals surface area (Å²) in [7, 11) is 0. The minimum absolute atomic E-state index is 0.0426. The number of nitrogen functional groups attached to an aromatic ring is 1. The van der Waals surface area contributed by atoms with E-state index in [1.165, 1.54) is 10.9 Å². The van der Waals surface area contributed by atoms with Crippen LogP contribution >= 0.6 is 0 Å². The first kappa shape index (κ1) is 25.3. The Hall–Kier alpha value is -2.95. The van der Waals surface area contributed by atoms with E-state index >= 15 is 0 Å². The number of H-pyrrole nitrogens is 1. The molecule has 2 aromatic rings. The van der Waals surface area contributed by atoms with Crippen molar-refractivity contribution in [2.75, 3.05) is 18.9 Å². The number of rotatable bonds is 13. The lowest BCUT2D eigenvalue weighted by atomic mass is 10.1. The number of aromatic amines is 1. The van der Waals surface area contributed by atoms with Crippen LogP contribution < -0.4 is 11.3 Å². The van der Waals surface area contributed by atoms with Gasteiger partial charge in [-0.2, -0.15) is 4.98 Å². The van der Waals surface area contributed by atoms with E-state index in [9.17, 15) is 14.4 Å². The number of nitrogens with two attached hydrogens (primary N) is 1. The molecule has 0 aliphatic rings. The van der Waals surface area contributed by atoms with Crippen LogP contribution in [-0.4, -0.2) is 50.8 Å². The zero-order valence-electron chi connectivity index (χ0n) is 19.1. The van der Waals surface area contributed by atoms with Gasteiger partial charge in [-0.05, 0) is 24.7 Å². The fourth-order valence-corrected chi connectivity index (χ4v) is 2.72. The first-order chi connectivity index (χ1) is 15.2. The molecule has 0 atom stereocenters. The van der Waals surface area contributed by atoms with Crippen LogP contribution in [0, 0.1) is 11.8 Å². The van der Waals surface area contributed by atoms with Crippen molar-refractivity contribution in [1.82, 2.24) is 19.5 Å². The summed E-state index contributed by atoms with van der Waals surface area (Å²) >= 11 is 0. The summed E-state index contributed by atoms with van der Waals surface area (Å²) in [5, 5.41) is 0. The van der Waals surface area contributed by atoms with Crippen LogP contribution in [0.4, 0.5) is 5.95 Å². The second-order valence-electron chi connectivity index (χ2n) is 8.49. The van der Waals surface area contributed by atoms with Crippen molar-refractivity contribution in [3.63, 3.8) is 0 Å². The third kappa shape index (κ3) is 8.29. The normalized spacial score (nSPS) is 11.6. The van der Waals surface area contributed by atoms with Gasteiger partial charge in [-0.25, -0.2) is 4.98 Å². The number of carbonyl (C=O) groups is 2. The second-order valence-corrected chi connectivity index (χ2v) is 8.49. The Morgan fingerprint density at radius 2 is 1.62 bits per heavy atom. The number of hydrogen-bond donors (Lipinski definition) is 2. The van der Waals surface area contributed by atoms with Gasteiger partial charge in [-0.15, -0.1) is 0 Å². The molecule has 0 aliphatic heterocycles. The molecule has 0 amide bonds. The molecule has 0 aliphatic carbocycles. The van der Waals surface area contributed by atoms with E-state index in [-0.39, 0.29) is 49.0 Å². The predicted molar refractivity (Wildman–Crippen MR) is 117 cm³/mol. The number of aromatic nitrogens is 4. The van der Waals surface area contributed by atoms with Crippen LogP contribution in [0.25, 0.3) is 11.2 Å². The molecule has 0 aromatic carbocycles. The van der Waals surface area contributed by atoms with Crippen molar-refractivity contribution in [3.05, 3.63) is 16.7 Å². The number of hydrogen-bond acceptors (Lipinski definition) is 9. The number of fused-ring (bicyclic) bond motifs is 1. The first-order valence-electron chi connectivity index (χ1n) is 10.8. The Balaban J connectivity index is 1.99. The van der Waals surface area contributed by atoms with E-state index in [4.69, 9.17) is 19.9 Å². The molecule has 0 bridgehead atoms. The lowest BCUT2D eigenvalue weighted by Crippen LogP contribution is -2.29. The van der Waals surface area contributed by atoms with Gasteiger partial charge in [-0.1, -0.05) is 27.7 Å². The molecule has 3 N–H and O–H groups in total. The smallest absolute Gasteiger partial charge is 0.305 e. The van der Waals surface area contributed by atoms with Gasteiger partial charge in [0.1, 0.15) is 26.0 Å². The van der Waals surface area contributed by atoms with Crippen LogP contribution in [0.15, 0.2) is 11.1 Å². The molecule has 0 spiro atoms. The number of esters is 2. The maximum Gasteiger partial charge on any atom is 0.305 e.